The lowest BCUT2D eigenvalue weighted by Gasteiger charge is -2.33. The molecule has 2 rings (SSSR count). The number of carbonyl (C=O) groups excluding carboxylic acids is 1. The summed E-state index contributed by atoms with van der Waals surface area (Å²) in [5.41, 5.74) is 0.348. The number of carboxylic acid groups (broad SMARTS) is 1. The molecule has 134 valence electrons. The van der Waals surface area contributed by atoms with Crippen molar-refractivity contribution in [2.75, 3.05) is 18.0 Å². The van der Waals surface area contributed by atoms with Crippen molar-refractivity contribution in [3.8, 4) is 0 Å². The van der Waals surface area contributed by atoms with Crippen molar-refractivity contribution in [2.45, 2.75) is 32.0 Å². The first-order chi connectivity index (χ1) is 11.1. The molecule has 0 unspecified atom stereocenters. The van der Waals surface area contributed by atoms with Crippen LogP contribution in [0.1, 0.15) is 19.8 Å². The average Bonchev–Trinajstić information content (AvgIpc) is 2.47. The highest BCUT2D eigenvalue weighted by molar-refractivity contribution is 5.75. The minimum absolute atomic E-state index is 0.226. The minimum atomic E-state index is -4.98. The van der Waals surface area contributed by atoms with Crippen molar-refractivity contribution in [2.24, 2.45) is 0 Å². The number of anilines is 1. The summed E-state index contributed by atoms with van der Waals surface area (Å²) in [6.45, 7) is 1.72. The van der Waals surface area contributed by atoms with Gasteiger partial charge in [0.05, 0.1) is 11.9 Å². The lowest BCUT2D eigenvalue weighted by atomic mass is 10.1. The molecule has 0 spiro atoms. The standard InChI is InChI=1S/C12H12F4N2O2.C2H4O2/c13-9-7-17-4-1-10(9)18-5-2-8(3-6-18)20-11(19)12(14,15)16;1-2(3)4/h1,4,7-8H,2-3,5-6H2;1H3,(H,3,4). The lowest BCUT2D eigenvalue weighted by molar-refractivity contribution is -0.205. The van der Waals surface area contributed by atoms with E-state index in [9.17, 15) is 22.4 Å². The fourth-order valence-corrected chi connectivity index (χ4v) is 2.06. The predicted octanol–water partition coefficient (Wildman–Crippen LogP) is 2.39. The van der Waals surface area contributed by atoms with E-state index in [1.54, 1.807) is 4.90 Å². The number of halogens is 4. The smallest absolute Gasteiger partial charge is 0.481 e. The topological polar surface area (TPSA) is 79.7 Å². The Labute approximate surface area is 135 Å². The van der Waals surface area contributed by atoms with E-state index in [1.807, 2.05) is 0 Å². The summed E-state index contributed by atoms with van der Waals surface area (Å²) in [4.78, 5) is 25.0. The average molecular weight is 352 g/mol. The molecule has 0 atom stereocenters. The Bertz CT molecular complexity index is 568. The molecule has 1 aliphatic rings. The SMILES string of the molecule is CC(=O)O.O=C(OC1CCN(c2ccncc2F)CC1)C(F)(F)F. The van der Waals surface area contributed by atoms with Crippen LogP contribution in [0.5, 0.6) is 0 Å². The third-order valence-electron chi connectivity index (χ3n) is 3.04. The fourth-order valence-electron chi connectivity index (χ4n) is 2.06. The number of carboxylic acids is 1. The van der Waals surface area contributed by atoms with Gasteiger partial charge in [-0.1, -0.05) is 0 Å². The van der Waals surface area contributed by atoms with Crippen LogP contribution in [0, 0.1) is 5.82 Å². The van der Waals surface area contributed by atoms with Crippen LogP contribution in [-0.4, -0.2) is 47.4 Å². The number of ether oxygens (including phenoxy) is 1. The molecule has 0 aromatic carbocycles. The fraction of sp³-hybridized carbons (Fsp3) is 0.500. The van der Waals surface area contributed by atoms with E-state index in [2.05, 4.69) is 9.72 Å². The predicted molar refractivity (Wildman–Crippen MR) is 74.9 cm³/mol. The quantitative estimate of drug-likeness (QED) is 0.650. The maximum Gasteiger partial charge on any atom is 0.490 e. The van der Waals surface area contributed by atoms with Gasteiger partial charge in [0.2, 0.25) is 0 Å². The van der Waals surface area contributed by atoms with Crippen LogP contribution in [0.4, 0.5) is 23.2 Å². The summed E-state index contributed by atoms with van der Waals surface area (Å²) < 4.78 is 54.0. The maximum absolute atomic E-state index is 13.5. The molecule has 0 aliphatic carbocycles. The zero-order valence-corrected chi connectivity index (χ0v) is 12.7. The largest absolute Gasteiger partial charge is 0.490 e. The number of aromatic nitrogens is 1. The van der Waals surface area contributed by atoms with Crippen LogP contribution in [0.25, 0.3) is 0 Å². The summed E-state index contributed by atoms with van der Waals surface area (Å²) in [6.07, 6.45) is -2.80. The van der Waals surface area contributed by atoms with Crippen molar-refractivity contribution < 1.29 is 37.0 Å². The van der Waals surface area contributed by atoms with E-state index in [1.165, 1.54) is 12.3 Å². The number of piperidine rings is 1. The van der Waals surface area contributed by atoms with Gasteiger partial charge in [0.1, 0.15) is 6.10 Å². The molecule has 1 N–H and O–H groups in total. The van der Waals surface area contributed by atoms with Crippen LogP contribution in [-0.2, 0) is 14.3 Å². The summed E-state index contributed by atoms with van der Waals surface area (Å²) in [6, 6.07) is 1.50. The van der Waals surface area contributed by atoms with Gasteiger partial charge in [-0.05, 0) is 6.07 Å². The Morgan fingerprint density at radius 1 is 1.33 bits per heavy atom. The summed E-state index contributed by atoms with van der Waals surface area (Å²) in [7, 11) is 0. The van der Waals surface area contributed by atoms with E-state index in [-0.39, 0.29) is 12.8 Å². The van der Waals surface area contributed by atoms with Gasteiger partial charge in [0, 0.05) is 39.1 Å². The molecule has 1 saturated heterocycles. The monoisotopic (exact) mass is 352 g/mol. The Morgan fingerprint density at radius 2 is 1.88 bits per heavy atom. The number of nitrogens with zero attached hydrogens (tertiary/aromatic N) is 2. The molecule has 1 aromatic rings. The second kappa shape index (κ2) is 8.46. The van der Waals surface area contributed by atoms with Gasteiger partial charge in [-0.25, -0.2) is 9.18 Å². The summed E-state index contributed by atoms with van der Waals surface area (Å²) >= 11 is 0. The molecule has 6 nitrogen and oxygen atoms in total. The molecule has 2 heterocycles. The molecule has 24 heavy (non-hydrogen) atoms. The van der Waals surface area contributed by atoms with Crippen LogP contribution in [0.15, 0.2) is 18.5 Å². The number of aliphatic carboxylic acids is 1. The molecule has 0 radical (unpaired) electrons. The molecule has 0 saturated carbocycles. The zero-order valence-electron chi connectivity index (χ0n) is 12.7. The normalized spacial score (nSPS) is 15.3. The Morgan fingerprint density at radius 3 is 2.33 bits per heavy atom. The number of rotatable bonds is 2. The molecule has 1 fully saturated rings. The van der Waals surface area contributed by atoms with Crippen LogP contribution in [0.2, 0.25) is 0 Å². The first-order valence-corrected chi connectivity index (χ1v) is 6.93. The highest BCUT2D eigenvalue weighted by atomic mass is 19.4. The van der Waals surface area contributed by atoms with E-state index in [0.29, 0.717) is 18.8 Å². The van der Waals surface area contributed by atoms with E-state index >= 15 is 0 Å². The molecule has 10 heteroatoms. The molecule has 1 aromatic heterocycles. The van der Waals surface area contributed by atoms with Gasteiger partial charge in [0.15, 0.2) is 5.82 Å². The van der Waals surface area contributed by atoms with Gasteiger partial charge >= 0.3 is 12.1 Å². The second-order valence-electron chi connectivity index (χ2n) is 4.94. The molecule has 1 aliphatic heterocycles. The van der Waals surface area contributed by atoms with Crippen molar-refractivity contribution in [1.29, 1.82) is 0 Å². The minimum Gasteiger partial charge on any atom is -0.481 e. The number of hydrogen-bond donors (Lipinski definition) is 1. The number of alkyl halides is 3. The molecular weight excluding hydrogens is 336 g/mol. The Kier molecular flexibility index (Phi) is 6.93. The molecule has 0 bridgehead atoms. The van der Waals surface area contributed by atoms with Crippen molar-refractivity contribution >= 4 is 17.6 Å². The zero-order chi connectivity index (χ0) is 18.3. The number of hydrogen-bond acceptors (Lipinski definition) is 5. The molecule has 0 amide bonds. The Balaban J connectivity index is 0.000000648. The first-order valence-electron chi connectivity index (χ1n) is 6.93. The van der Waals surface area contributed by atoms with Crippen molar-refractivity contribution in [1.82, 2.24) is 4.98 Å². The summed E-state index contributed by atoms with van der Waals surface area (Å²) in [5.74, 6) is -3.50. The number of pyridine rings is 1. The van der Waals surface area contributed by atoms with E-state index in [0.717, 1.165) is 13.1 Å². The van der Waals surface area contributed by atoms with Crippen LogP contribution < -0.4 is 4.90 Å². The van der Waals surface area contributed by atoms with Crippen LogP contribution >= 0.6 is 0 Å². The van der Waals surface area contributed by atoms with Gasteiger partial charge in [-0.3, -0.25) is 9.78 Å². The van der Waals surface area contributed by atoms with Crippen LogP contribution in [0.3, 0.4) is 0 Å². The Hall–Kier alpha value is -2.39. The number of esters is 1. The summed E-state index contributed by atoms with van der Waals surface area (Å²) in [5, 5.41) is 7.42. The van der Waals surface area contributed by atoms with Gasteiger partial charge in [0.25, 0.3) is 5.97 Å². The second-order valence-corrected chi connectivity index (χ2v) is 4.94. The highest BCUT2D eigenvalue weighted by Gasteiger charge is 2.42. The van der Waals surface area contributed by atoms with Crippen molar-refractivity contribution in [3.05, 3.63) is 24.3 Å². The van der Waals surface area contributed by atoms with Gasteiger partial charge < -0.3 is 14.7 Å². The van der Waals surface area contributed by atoms with E-state index < -0.39 is 30.0 Å². The van der Waals surface area contributed by atoms with Gasteiger partial charge in [-0.15, -0.1) is 0 Å². The third kappa shape index (κ3) is 6.39. The highest BCUT2D eigenvalue weighted by Crippen LogP contribution is 2.25. The maximum atomic E-state index is 13.5. The lowest BCUT2D eigenvalue weighted by Crippen LogP contribution is -2.40. The van der Waals surface area contributed by atoms with Gasteiger partial charge in [-0.2, -0.15) is 13.2 Å². The van der Waals surface area contributed by atoms with Crippen molar-refractivity contribution in [3.63, 3.8) is 0 Å². The first kappa shape index (κ1) is 19.7. The van der Waals surface area contributed by atoms with E-state index in [4.69, 9.17) is 9.90 Å². The molecular formula is C14H16F4N2O4. The number of carbonyl (C=O) groups is 2. The third-order valence-corrected chi connectivity index (χ3v) is 3.04.